The highest BCUT2D eigenvalue weighted by atomic mass is 16.6. The average molecular weight is 210 g/mol. The minimum absolute atomic E-state index is 0.0223. The number of ether oxygens (including phenoxy) is 1. The third kappa shape index (κ3) is 1.59. The fourth-order valence-corrected chi connectivity index (χ4v) is 3.12. The number of fused-ring (bicyclic) bond motifs is 1. The van der Waals surface area contributed by atoms with Gasteiger partial charge in [0, 0.05) is 11.3 Å². The Morgan fingerprint density at radius 2 is 2.33 bits per heavy atom. The Balaban J connectivity index is 2.23. The number of carbonyl (C=O) groups is 1. The molecule has 3 heteroatoms. The molecular formula is C12H18O3. The molecule has 1 heterocycles. The summed E-state index contributed by atoms with van der Waals surface area (Å²) >= 11 is 0. The molecule has 0 aromatic carbocycles. The first-order valence-electron chi connectivity index (χ1n) is 5.46. The number of hydrogen-bond acceptors (Lipinski definition) is 3. The van der Waals surface area contributed by atoms with Gasteiger partial charge in [-0.15, -0.1) is 6.58 Å². The maximum absolute atomic E-state index is 11.3. The molecule has 2 aliphatic rings. The van der Waals surface area contributed by atoms with Gasteiger partial charge in [-0.05, 0) is 12.3 Å². The van der Waals surface area contributed by atoms with Crippen LogP contribution in [0.3, 0.4) is 0 Å². The van der Waals surface area contributed by atoms with Crippen molar-refractivity contribution in [2.45, 2.75) is 38.9 Å². The van der Waals surface area contributed by atoms with E-state index < -0.39 is 6.10 Å². The third-order valence-corrected chi connectivity index (χ3v) is 3.81. The van der Waals surface area contributed by atoms with Crippen molar-refractivity contribution in [1.82, 2.24) is 0 Å². The van der Waals surface area contributed by atoms with E-state index in [0.29, 0.717) is 6.42 Å². The van der Waals surface area contributed by atoms with Gasteiger partial charge in [-0.1, -0.05) is 19.9 Å². The van der Waals surface area contributed by atoms with Crippen LogP contribution in [0.15, 0.2) is 12.7 Å². The molecule has 1 saturated carbocycles. The molecule has 84 valence electrons. The maximum Gasteiger partial charge on any atom is 0.306 e. The number of hydrogen-bond donors (Lipinski definition) is 1. The van der Waals surface area contributed by atoms with Crippen molar-refractivity contribution in [3.8, 4) is 0 Å². The molecule has 0 aromatic heterocycles. The first-order valence-corrected chi connectivity index (χ1v) is 5.46. The number of rotatable bonds is 2. The Hall–Kier alpha value is -0.830. The molecule has 0 spiro atoms. The smallest absolute Gasteiger partial charge is 0.306 e. The van der Waals surface area contributed by atoms with Gasteiger partial charge in [-0.3, -0.25) is 4.79 Å². The highest BCUT2D eigenvalue weighted by Crippen LogP contribution is 2.52. The zero-order valence-corrected chi connectivity index (χ0v) is 9.27. The summed E-state index contributed by atoms with van der Waals surface area (Å²) in [7, 11) is 0. The van der Waals surface area contributed by atoms with Gasteiger partial charge in [0.15, 0.2) is 0 Å². The first-order chi connectivity index (χ1) is 6.95. The van der Waals surface area contributed by atoms with Crippen LogP contribution in [-0.2, 0) is 9.53 Å². The zero-order valence-electron chi connectivity index (χ0n) is 9.27. The second-order valence-corrected chi connectivity index (χ2v) is 5.36. The topological polar surface area (TPSA) is 46.5 Å². The molecule has 0 amide bonds. The SMILES string of the molecule is C=C[C@@H](O)[C@@H]1CC(C)(C)[C@@H]2OC(=O)C[C@H]12. The molecule has 4 atom stereocenters. The molecule has 0 bridgehead atoms. The second kappa shape index (κ2) is 3.34. The molecule has 1 aliphatic heterocycles. The third-order valence-electron chi connectivity index (χ3n) is 3.81. The molecule has 0 aromatic rings. The zero-order chi connectivity index (χ0) is 11.2. The summed E-state index contributed by atoms with van der Waals surface area (Å²) in [5.41, 5.74) is -0.0223. The average Bonchev–Trinajstić information content (AvgIpc) is 2.64. The van der Waals surface area contributed by atoms with Gasteiger partial charge >= 0.3 is 5.97 Å². The second-order valence-electron chi connectivity index (χ2n) is 5.36. The molecule has 1 aliphatic carbocycles. The summed E-state index contributed by atoms with van der Waals surface area (Å²) < 4.78 is 5.34. The van der Waals surface area contributed by atoms with Crippen LogP contribution in [0.4, 0.5) is 0 Å². The van der Waals surface area contributed by atoms with Crippen LogP contribution in [-0.4, -0.2) is 23.3 Å². The summed E-state index contributed by atoms with van der Waals surface area (Å²) in [6, 6.07) is 0. The van der Waals surface area contributed by atoms with Gasteiger partial charge in [0.05, 0.1) is 12.5 Å². The van der Waals surface area contributed by atoms with E-state index in [-0.39, 0.29) is 29.3 Å². The minimum Gasteiger partial charge on any atom is -0.461 e. The fourth-order valence-electron chi connectivity index (χ4n) is 3.12. The van der Waals surface area contributed by atoms with E-state index in [9.17, 15) is 9.90 Å². The molecule has 15 heavy (non-hydrogen) atoms. The van der Waals surface area contributed by atoms with E-state index in [1.807, 2.05) is 0 Å². The predicted octanol–water partition coefficient (Wildman–Crippen LogP) is 1.51. The van der Waals surface area contributed by atoms with Gasteiger partial charge in [0.25, 0.3) is 0 Å². The van der Waals surface area contributed by atoms with Crippen LogP contribution in [0, 0.1) is 17.3 Å². The van der Waals surface area contributed by atoms with E-state index in [1.54, 1.807) is 6.08 Å². The lowest BCUT2D eigenvalue weighted by Crippen LogP contribution is -2.27. The van der Waals surface area contributed by atoms with Crippen LogP contribution in [0.1, 0.15) is 26.7 Å². The molecule has 0 radical (unpaired) electrons. The summed E-state index contributed by atoms with van der Waals surface area (Å²) in [5, 5.41) is 9.84. The standard InChI is InChI=1S/C12H18O3/c1-4-9(13)8-6-12(2,3)11-7(8)5-10(14)15-11/h4,7-9,11,13H,1,5-6H2,2-3H3/t7-,8-,9-,11-/m1/s1. The van der Waals surface area contributed by atoms with Crippen LogP contribution in [0.2, 0.25) is 0 Å². The van der Waals surface area contributed by atoms with Gasteiger partial charge in [0.1, 0.15) is 6.10 Å². The molecule has 1 saturated heterocycles. The molecule has 3 nitrogen and oxygen atoms in total. The molecular weight excluding hydrogens is 192 g/mol. The molecule has 1 N–H and O–H groups in total. The van der Waals surface area contributed by atoms with Crippen LogP contribution < -0.4 is 0 Å². The van der Waals surface area contributed by atoms with Crippen LogP contribution in [0.5, 0.6) is 0 Å². The Bertz CT molecular complexity index is 295. The van der Waals surface area contributed by atoms with Crippen molar-refractivity contribution in [3.63, 3.8) is 0 Å². The fraction of sp³-hybridized carbons (Fsp3) is 0.750. The van der Waals surface area contributed by atoms with E-state index >= 15 is 0 Å². The normalized spacial score (nSPS) is 39.7. The van der Waals surface area contributed by atoms with E-state index in [0.717, 1.165) is 6.42 Å². The maximum atomic E-state index is 11.3. The Morgan fingerprint density at radius 1 is 1.67 bits per heavy atom. The van der Waals surface area contributed by atoms with Crippen molar-refractivity contribution in [2.75, 3.05) is 0 Å². The van der Waals surface area contributed by atoms with Crippen molar-refractivity contribution in [1.29, 1.82) is 0 Å². The molecule has 2 rings (SSSR count). The quantitative estimate of drug-likeness (QED) is 0.555. The van der Waals surface area contributed by atoms with Crippen LogP contribution in [0.25, 0.3) is 0 Å². The lowest BCUT2D eigenvalue weighted by molar-refractivity contribution is -0.145. The van der Waals surface area contributed by atoms with E-state index in [1.165, 1.54) is 0 Å². The largest absolute Gasteiger partial charge is 0.461 e. The minimum atomic E-state index is -0.520. The first kappa shape index (κ1) is 10.7. The van der Waals surface area contributed by atoms with Crippen molar-refractivity contribution >= 4 is 5.97 Å². The Labute approximate surface area is 90.1 Å². The summed E-state index contributed by atoms with van der Waals surface area (Å²) in [6.07, 6.45) is 2.36. The number of aliphatic hydroxyl groups excluding tert-OH is 1. The highest BCUT2D eigenvalue weighted by molar-refractivity contribution is 5.72. The van der Waals surface area contributed by atoms with Gasteiger partial charge in [-0.25, -0.2) is 0 Å². The van der Waals surface area contributed by atoms with Crippen molar-refractivity contribution in [3.05, 3.63) is 12.7 Å². The van der Waals surface area contributed by atoms with Crippen LogP contribution >= 0.6 is 0 Å². The van der Waals surface area contributed by atoms with Gasteiger partial charge in [0.2, 0.25) is 0 Å². The predicted molar refractivity (Wildman–Crippen MR) is 56.1 cm³/mol. The molecule has 0 unspecified atom stereocenters. The van der Waals surface area contributed by atoms with Gasteiger partial charge in [-0.2, -0.15) is 0 Å². The monoisotopic (exact) mass is 210 g/mol. The Morgan fingerprint density at radius 3 is 2.93 bits per heavy atom. The van der Waals surface area contributed by atoms with Crippen molar-refractivity contribution < 1.29 is 14.6 Å². The van der Waals surface area contributed by atoms with E-state index in [2.05, 4.69) is 20.4 Å². The number of esters is 1. The summed E-state index contributed by atoms with van der Waals surface area (Å²) in [4.78, 5) is 11.3. The highest BCUT2D eigenvalue weighted by Gasteiger charge is 2.55. The lowest BCUT2D eigenvalue weighted by atomic mass is 9.87. The van der Waals surface area contributed by atoms with Gasteiger partial charge < -0.3 is 9.84 Å². The Kier molecular flexibility index (Phi) is 2.38. The summed E-state index contributed by atoms with van der Waals surface area (Å²) in [6.45, 7) is 7.80. The number of aliphatic hydroxyl groups is 1. The van der Waals surface area contributed by atoms with Crippen molar-refractivity contribution in [2.24, 2.45) is 17.3 Å². The summed E-state index contributed by atoms with van der Waals surface area (Å²) in [5.74, 6) is 0.161. The number of carbonyl (C=O) groups excluding carboxylic acids is 1. The van der Waals surface area contributed by atoms with E-state index in [4.69, 9.17) is 4.74 Å². The lowest BCUT2D eigenvalue weighted by Gasteiger charge is -2.24. The molecule has 2 fully saturated rings.